The smallest absolute Gasteiger partial charge is 0.287 e. The van der Waals surface area contributed by atoms with Gasteiger partial charge < -0.3 is 19.3 Å². The van der Waals surface area contributed by atoms with Gasteiger partial charge in [0.25, 0.3) is 11.5 Å². The van der Waals surface area contributed by atoms with Crippen molar-refractivity contribution in [3.63, 3.8) is 0 Å². The predicted octanol–water partition coefficient (Wildman–Crippen LogP) is 3.83. The van der Waals surface area contributed by atoms with E-state index < -0.39 is 0 Å². The van der Waals surface area contributed by atoms with Gasteiger partial charge in [-0.1, -0.05) is 6.07 Å². The van der Waals surface area contributed by atoms with Crippen LogP contribution in [0, 0.1) is 6.92 Å². The number of carbonyl (C=O) groups excluding carboxylic acids is 1. The molecule has 1 amide bonds. The average Bonchev–Trinajstić information content (AvgIpc) is 3.14. The monoisotopic (exact) mass is 419 g/mol. The first-order valence-electron chi connectivity index (χ1n) is 9.78. The minimum atomic E-state index is -0.312. The molecule has 4 aromatic rings. The summed E-state index contributed by atoms with van der Waals surface area (Å²) in [6, 6.07) is 17.0. The molecule has 0 radical (unpaired) electrons. The molecule has 2 aromatic heterocycles. The zero-order valence-electron chi connectivity index (χ0n) is 17.1. The zero-order chi connectivity index (χ0) is 21.8. The van der Waals surface area contributed by atoms with Gasteiger partial charge in [-0.15, -0.1) is 4.57 Å². The number of nitrogens with zero attached hydrogens (tertiary/aromatic N) is 2. The molecule has 0 unspecified atom stereocenters. The van der Waals surface area contributed by atoms with E-state index in [9.17, 15) is 9.59 Å². The standard InChI is InChI=1S/C23H21N3O5/c1-3-29-19-9-7-16(8-10-19)23(28)25-17-5-4-6-20(12-17)30-14-18-13-22(27)26-21(24-18)11-15(2)31-26/h4-13H,3,14H2,1-2H3,(H,25,28). The SMILES string of the molecule is CCOc1ccc(C(=O)Nc2cccc(OCc3cc(=O)n4oc(C)cc4n3)c2)cc1. The van der Waals surface area contributed by atoms with Crippen LogP contribution in [0.5, 0.6) is 11.5 Å². The highest BCUT2D eigenvalue weighted by molar-refractivity contribution is 6.04. The molecule has 1 N–H and O–H groups in total. The number of benzene rings is 2. The van der Waals surface area contributed by atoms with E-state index >= 15 is 0 Å². The molecule has 0 saturated carbocycles. The maximum atomic E-state index is 12.5. The van der Waals surface area contributed by atoms with Gasteiger partial charge >= 0.3 is 0 Å². The highest BCUT2D eigenvalue weighted by atomic mass is 16.5. The molecule has 0 fully saturated rings. The van der Waals surface area contributed by atoms with Gasteiger partial charge in [0.2, 0.25) is 0 Å². The van der Waals surface area contributed by atoms with Crippen LogP contribution < -0.4 is 20.3 Å². The number of ether oxygens (including phenoxy) is 2. The third kappa shape index (κ3) is 4.75. The molecule has 2 aromatic carbocycles. The normalized spacial score (nSPS) is 10.8. The Morgan fingerprint density at radius 2 is 1.87 bits per heavy atom. The van der Waals surface area contributed by atoms with Crippen LogP contribution in [0.2, 0.25) is 0 Å². The van der Waals surface area contributed by atoms with Crippen LogP contribution in [0.4, 0.5) is 5.69 Å². The summed E-state index contributed by atoms with van der Waals surface area (Å²) in [4.78, 5) is 29.0. The maximum absolute atomic E-state index is 12.5. The molecule has 0 atom stereocenters. The van der Waals surface area contributed by atoms with E-state index in [-0.39, 0.29) is 18.1 Å². The lowest BCUT2D eigenvalue weighted by Crippen LogP contribution is -2.14. The van der Waals surface area contributed by atoms with Crippen molar-refractivity contribution in [3.05, 3.63) is 88.0 Å². The lowest BCUT2D eigenvalue weighted by atomic mass is 10.2. The topological polar surface area (TPSA) is 95.1 Å². The summed E-state index contributed by atoms with van der Waals surface area (Å²) in [5.41, 5.74) is 1.70. The van der Waals surface area contributed by atoms with Crippen LogP contribution in [0.25, 0.3) is 5.65 Å². The van der Waals surface area contributed by atoms with Crippen molar-refractivity contribution in [2.24, 2.45) is 0 Å². The van der Waals surface area contributed by atoms with Crippen LogP contribution in [-0.2, 0) is 6.61 Å². The third-order valence-electron chi connectivity index (χ3n) is 4.43. The second kappa shape index (κ2) is 8.74. The molecule has 8 nitrogen and oxygen atoms in total. The number of fused-ring (bicyclic) bond motifs is 1. The van der Waals surface area contributed by atoms with E-state index in [2.05, 4.69) is 10.3 Å². The molecule has 158 valence electrons. The fourth-order valence-corrected chi connectivity index (χ4v) is 3.04. The highest BCUT2D eigenvalue weighted by Crippen LogP contribution is 2.20. The van der Waals surface area contributed by atoms with Crippen LogP contribution in [0.15, 0.2) is 70.0 Å². The number of nitrogens with one attached hydrogen (secondary N) is 1. The number of amides is 1. The third-order valence-corrected chi connectivity index (χ3v) is 4.43. The molecular formula is C23H21N3O5. The Kier molecular flexibility index (Phi) is 5.70. The number of hydrogen-bond donors (Lipinski definition) is 1. The van der Waals surface area contributed by atoms with Crippen molar-refractivity contribution in [2.45, 2.75) is 20.5 Å². The summed E-state index contributed by atoms with van der Waals surface area (Å²) in [6.45, 7) is 4.32. The summed E-state index contributed by atoms with van der Waals surface area (Å²) in [5.74, 6) is 1.61. The summed E-state index contributed by atoms with van der Waals surface area (Å²) in [6.07, 6.45) is 0. The van der Waals surface area contributed by atoms with Crippen molar-refractivity contribution in [2.75, 3.05) is 11.9 Å². The maximum Gasteiger partial charge on any atom is 0.287 e. The Balaban J connectivity index is 1.42. The number of rotatable bonds is 7. The number of carbonyl (C=O) groups is 1. The van der Waals surface area contributed by atoms with Crippen molar-refractivity contribution in [3.8, 4) is 11.5 Å². The number of hydrogen-bond acceptors (Lipinski definition) is 6. The summed E-state index contributed by atoms with van der Waals surface area (Å²) >= 11 is 0. The second-order valence-corrected chi connectivity index (χ2v) is 6.81. The first-order chi connectivity index (χ1) is 15.0. The molecular weight excluding hydrogens is 398 g/mol. The highest BCUT2D eigenvalue weighted by Gasteiger charge is 2.09. The molecule has 0 aliphatic carbocycles. The van der Waals surface area contributed by atoms with E-state index in [1.807, 2.05) is 6.92 Å². The average molecular weight is 419 g/mol. The zero-order valence-corrected chi connectivity index (χ0v) is 17.1. The quantitative estimate of drug-likeness (QED) is 0.489. The van der Waals surface area contributed by atoms with E-state index in [4.69, 9.17) is 14.0 Å². The number of anilines is 1. The lowest BCUT2D eigenvalue weighted by molar-refractivity contribution is 0.102. The summed E-state index contributed by atoms with van der Waals surface area (Å²) in [7, 11) is 0. The summed E-state index contributed by atoms with van der Waals surface area (Å²) < 4.78 is 17.6. The van der Waals surface area contributed by atoms with Gasteiger partial charge in [-0.3, -0.25) is 9.59 Å². The molecule has 0 spiro atoms. The van der Waals surface area contributed by atoms with Crippen molar-refractivity contribution in [1.29, 1.82) is 0 Å². The van der Waals surface area contributed by atoms with Crippen LogP contribution in [0.1, 0.15) is 28.7 Å². The van der Waals surface area contributed by atoms with Crippen LogP contribution in [0.3, 0.4) is 0 Å². The Labute approximate surface area is 178 Å². The van der Waals surface area contributed by atoms with Crippen molar-refractivity contribution >= 4 is 17.2 Å². The molecule has 31 heavy (non-hydrogen) atoms. The molecule has 0 bridgehead atoms. The second-order valence-electron chi connectivity index (χ2n) is 6.81. The molecule has 0 aliphatic heterocycles. The van der Waals surface area contributed by atoms with Crippen molar-refractivity contribution < 1.29 is 18.8 Å². The molecule has 0 saturated heterocycles. The predicted molar refractivity (Wildman–Crippen MR) is 115 cm³/mol. The van der Waals surface area contributed by atoms with Gasteiger partial charge in [-0.2, -0.15) is 0 Å². The first kappa shape index (κ1) is 20.2. The minimum absolute atomic E-state index is 0.103. The van der Waals surface area contributed by atoms with Gasteiger partial charge in [-0.25, -0.2) is 4.98 Å². The Hall–Kier alpha value is -4.07. The van der Waals surface area contributed by atoms with E-state index in [0.717, 1.165) is 4.57 Å². The first-order valence-corrected chi connectivity index (χ1v) is 9.78. The van der Waals surface area contributed by atoms with Gasteiger partial charge in [0, 0.05) is 29.4 Å². The van der Waals surface area contributed by atoms with E-state index in [0.29, 0.717) is 46.5 Å². The Morgan fingerprint density at radius 1 is 1.06 bits per heavy atom. The van der Waals surface area contributed by atoms with Crippen LogP contribution >= 0.6 is 0 Å². The molecule has 8 heteroatoms. The van der Waals surface area contributed by atoms with Gasteiger partial charge in [-0.05, 0) is 50.2 Å². The van der Waals surface area contributed by atoms with E-state index in [1.165, 1.54) is 6.07 Å². The van der Waals surface area contributed by atoms with Gasteiger partial charge in [0.05, 0.1) is 12.3 Å². The van der Waals surface area contributed by atoms with E-state index in [1.54, 1.807) is 61.5 Å². The van der Waals surface area contributed by atoms with Crippen LogP contribution in [-0.4, -0.2) is 22.1 Å². The molecule has 2 heterocycles. The number of aryl methyl sites for hydroxylation is 1. The Morgan fingerprint density at radius 3 is 2.65 bits per heavy atom. The fraction of sp³-hybridized carbons (Fsp3) is 0.174. The molecule has 0 aliphatic rings. The Bertz CT molecular complexity index is 1270. The lowest BCUT2D eigenvalue weighted by Gasteiger charge is -2.10. The largest absolute Gasteiger partial charge is 0.494 e. The van der Waals surface area contributed by atoms with Gasteiger partial charge in [0.1, 0.15) is 23.9 Å². The molecule has 4 rings (SSSR count). The minimum Gasteiger partial charge on any atom is -0.494 e. The van der Waals surface area contributed by atoms with Crippen molar-refractivity contribution in [1.82, 2.24) is 9.56 Å². The van der Waals surface area contributed by atoms with Gasteiger partial charge in [0.15, 0.2) is 5.65 Å². The summed E-state index contributed by atoms with van der Waals surface area (Å²) in [5, 5.41) is 2.84. The number of aromatic nitrogens is 2. The fourth-order valence-electron chi connectivity index (χ4n) is 3.04.